The molecule has 1 aromatic carbocycles. The molecule has 1 spiro atoms. The second kappa shape index (κ2) is 5.92. The number of rotatable bonds is 2. The summed E-state index contributed by atoms with van der Waals surface area (Å²) in [7, 11) is 0. The molecule has 2 N–H and O–H groups in total. The molecule has 0 radical (unpaired) electrons. The van der Waals surface area contributed by atoms with Crippen LogP contribution in [0.2, 0.25) is 5.02 Å². The third-order valence-corrected chi connectivity index (χ3v) is 5.26. The number of phenols is 1. The molecular formula is C16H23ClN2O. The van der Waals surface area contributed by atoms with Crippen molar-refractivity contribution in [2.24, 2.45) is 0 Å². The van der Waals surface area contributed by atoms with Crippen molar-refractivity contribution in [2.75, 3.05) is 19.6 Å². The lowest BCUT2D eigenvalue weighted by atomic mass is 9.79. The molecule has 3 nitrogen and oxygen atoms in total. The Morgan fingerprint density at radius 1 is 1.25 bits per heavy atom. The molecule has 110 valence electrons. The maximum atomic E-state index is 10.1. The second-order valence-corrected chi connectivity index (χ2v) is 6.53. The number of hydrogen-bond acceptors (Lipinski definition) is 3. The van der Waals surface area contributed by atoms with E-state index in [1.54, 1.807) is 12.1 Å². The van der Waals surface area contributed by atoms with Crippen molar-refractivity contribution in [3.63, 3.8) is 0 Å². The van der Waals surface area contributed by atoms with Crippen LogP contribution in [0.25, 0.3) is 0 Å². The highest BCUT2D eigenvalue weighted by atomic mass is 35.5. The summed E-state index contributed by atoms with van der Waals surface area (Å²) in [6.07, 6.45) is 6.49. The van der Waals surface area contributed by atoms with Crippen LogP contribution in [-0.4, -0.2) is 35.2 Å². The van der Waals surface area contributed by atoms with Crippen LogP contribution in [0.4, 0.5) is 0 Å². The lowest BCUT2D eigenvalue weighted by Crippen LogP contribution is -2.61. The van der Waals surface area contributed by atoms with Gasteiger partial charge >= 0.3 is 0 Å². The van der Waals surface area contributed by atoms with Gasteiger partial charge in [-0.25, -0.2) is 0 Å². The van der Waals surface area contributed by atoms with Crippen LogP contribution in [-0.2, 0) is 6.54 Å². The third-order valence-electron chi connectivity index (χ3n) is 4.91. The van der Waals surface area contributed by atoms with Crippen molar-refractivity contribution in [2.45, 2.75) is 44.2 Å². The Morgan fingerprint density at radius 2 is 2.05 bits per heavy atom. The highest BCUT2D eigenvalue weighted by molar-refractivity contribution is 6.31. The molecule has 1 aliphatic carbocycles. The molecule has 0 aromatic heterocycles. The van der Waals surface area contributed by atoms with E-state index in [1.165, 1.54) is 32.1 Å². The zero-order valence-corrected chi connectivity index (χ0v) is 12.6. The molecular weight excluding hydrogens is 272 g/mol. The normalized spacial score (nSPS) is 23.1. The molecule has 1 saturated carbocycles. The van der Waals surface area contributed by atoms with Crippen LogP contribution in [0, 0.1) is 0 Å². The minimum absolute atomic E-state index is 0.266. The Bertz CT molecular complexity index is 443. The van der Waals surface area contributed by atoms with Gasteiger partial charge < -0.3 is 10.4 Å². The minimum atomic E-state index is 0.266. The second-order valence-electron chi connectivity index (χ2n) is 6.12. The Balaban J connectivity index is 1.83. The molecule has 20 heavy (non-hydrogen) atoms. The fraction of sp³-hybridized carbons (Fsp3) is 0.625. The number of nitrogens with zero attached hydrogens (tertiary/aromatic N) is 1. The first kappa shape index (κ1) is 14.2. The molecule has 1 aliphatic heterocycles. The summed E-state index contributed by atoms with van der Waals surface area (Å²) >= 11 is 6.27. The van der Waals surface area contributed by atoms with Crippen LogP contribution in [0.15, 0.2) is 18.2 Å². The quantitative estimate of drug-likeness (QED) is 0.879. The van der Waals surface area contributed by atoms with E-state index in [2.05, 4.69) is 10.2 Å². The zero-order chi connectivity index (χ0) is 14.0. The molecule has 1 saturated heterocycles. The first-order chi connectivity index (χ1) is 9.71. The van der Waals surface area contributed by atoms with Crippen LogP contribution in [0.5, 0.6) is 5.75 Å². The van der Waals surface area contributed by atoms with Gasteiger partial charge in [0.05, 0.1) is 0 Å². The third kappa shape index (κ3) is 2.67. The van der Waals surface area contributed by atoms with Crippen molar-refractivity contribution in [3.8, 4) is 5.75 Å². The molecule has 2 fully saturated rings. The molecule has 4 heteroatoms. The van der Waals surface area contributed by atoms with Crippen molar-refractivity contribution < 1.29 is 5.11 Å². The van der Waals surface area contributed by atoms with E-state index >= 15 is 0 Å². The Morgan fingerprint density at radius 3 is 2.80 bits per heavy atom. The highest BCUT2D eigenvalue weighted by Gasteiger charge is 2.39. The standard InChI is InChI=1S/C16H23ClN2O/c17-14-5-4-6-15(20)13(14)11-19-10-9-18-12-16(19)7-2-1-3-8-16/h4-6,18,20H,1-3,7-12H2. The summed E-state index contributed by atoms with van der Waals surface area (Å²) in [4.78, 5) is 2.55. The number of benzene rings is 1. The molecule has 1 heterocycles. The number of hydrogen-bond donors (Lipinski definition) is 2. The monoisotopic (exact) mass is 294 g/mol. The van der Waals surface area contributed by atoms with E-state index in [-0.39, 0.29) is 5.54 Å². The number of halogens is 1. The van der Waals surface area contributed by atoms with Gasteiger partial charge in [0.2, 0.25) is 0 Å². The number of aromatic hydroxyl groups is 1. The predicted octanol–water partition coefficient (Wildman–Crippen LogP) is 3.15. The van der Waals surface area contributed by atoms with Gasteiger partial charge in [-0.05, 0) is 25.0 Å². The van der Waals surface area contributed by atoms with E-state index in [0.29, 0.717) is 10.8 Å². The SMILES string of the molecule is Oc1cccc(Cl)c1CN1CCNCC12CCCCC2. The van der Waals surface area contributed by atoms with Gasteiger partial charge in [-0.2, -0.15) is 0 Å². The van der Waals surface area contributed by atoms with E-state index in [1.807, 2.05) is 6.07 Å². The molecule has 1 aromatic rings. The van der Waals surface area contributed by atoms with Crippen LogP contribution >= 0.6 is 11.6 Å². The van der Waals surface area contributed by atoms with E-state index in [0.717, 1.165) is 31.7 Å². The van der Waals surface area contributed by atoms with Crippen molar-refractivity contribution >= 4 is 11.6 Å². The first-order valence-corrected chi connectivity index (χ1v) is 8.01. The fourth-order valence-corrected chi connectivity index (χ4v) is 3.96. The summed E-state index contributed by atoms with van der Waals surface area (Å²) < 4.78 is 0. The molecule has 2 aliphatic rings. The Labute approximate surface area is 125 Å². The summed E-state index contributed by atoms with van der Waals surface area (Å²) in [6, 6.07) is 5.40. The summed E-state index contributed by atoms with van der Waals surface area (Å²) in [5, 5.41) is 14.3. The summed E-state index contributed by atoms with van der Waals surface area (Å²) in [5.41, 5.74) is 1.14. The van der Waals surface area contributed by atoms with E-state index in [4.69, 9.17) is 11.6 Å². The van der Waals surface area contributed by atoms with Crippen molar-refractivity contribution in [3.05, 3.63) is 28.8 Å². The largest absolute Gasteiger partial charge is 0.508 e. The van der Waals surface area contributed by atoms with Crippen molar-refractivity contribution in [1.82, 2.24) is 10.2 Å². The highest BCUT2D eigenvalue weighted by Crippen LogP contribution is 2.37. The summed E-state index contributed by atoms with van der Waals surface area (Å²) in [5.74, 6) is 0.321. The van der Waals surface area contributed by atoms with E-state index < -0.39 is 0 Å². The first-order valence-electron chi connectivity index (χ1n) is 7.63. The van der Waals surface area contributed by atoms with Gasteiger partial charge in [-0.15, -0.1) is 0 Å². The molecule has 0 bridgehead atoms. The number of phenolic OH excluding ortho intramolecular Hbond substituents is 1. The topological polar surface area (TPSA) is 35.5 Å². The zero-order valence-electron chi connectivity index (χ0n) is 11.9. The lowest BCUT2D eigenvalue weighted by molar-refractivity contribution is 0.0204. The molecule has 0 amide bonds. The van der Waals surface area contributed by atoms with Crippen LogP contribution in [0.1, 0.15) is 37.7 Å². The minimum Gasteiger partial charge on any atom is -0.508 e. The lowest BCUT2D eigenvalue weighted by Gasteiger charge is -2.50. The van der Waals surface area contributed by atoms with Gasteiger partial charge in [0.1, 0.15) is 5.75 Å². The molecule has 3 rings (SSSR count). The number of piperazine rings is 1. The maximum absolute atomic E-state index is 10.1. The molecule has 0 atom stereocenters. The van der Waals surface area contributed by atoms with Crippen molar-refractivity contribution in [1.29, 1.82) is 0 Å². The van der Waals surface area contributed by atoms with E-state index in [9.17, 15) is 5.11 Å². The number of nitrogens with one attached hydrogen (secondary N) is 1. The average Bonchev–Trinajstić information content (AvgIpc) is 2.46. The average molecular weight is 295 g/mol. The van der Waals surface area contributed by atoms with Gasteiger partial charge in [-0.1, -0.05) is 36.9 Å². The summed E-state index contributed by atoms with van der Waals surface area (Å²) in [6.45, 7) is 3.88. The van der Waals surface area contributed by atoms with Gasteiger partial charge in [0.15, 0.2) is 0 Å². The van der Waals surface area contributed by atoms with Crippen LogP contribution in [0.3, 0.4) is 0 Å². The Hall–Kier alpha value is -0.770. The van der Waals surface area contributed by atoms with Gasteiger partial charge in [-0.3, -0.25) is 4.90 Å². The smallest absolute Gasteiger partial charge is 0.121 e. The predicted molar refractivity (Wildman–Crippen MR) is 82.2 cm³/mol. The Kier molecular flexibility index (Phi) is 4.20. The van der Waals surface area contributed by atoms with Gasteiger partial charge in [0.25, 0.3) is 0 Å². The maximum Gasteiger partial charge on any atom is 0.121 e. The van der Waals surface area contributed by atoms with Crippen LogP contribution < -0.4 is 5.32 Å². The fourth-order valence-electron chi connectivity index (χ4n) is 3.73. The molecule has 0 unspecified atom stereocenters. The van der Waals surface area contributed by atoms with Gasteiger partial charge in [0, 0.05) is 42.3 Å².